The molecule has 0 spiro atoms. The van der Waals surface area contributed by atoms with Crippen LogP contribution in [0.1, 0.15) is 24.5 Å². The van der Waals surface area contributed by atoms with E-state index in [0.29, 0.717) is 34.9 Å². The van der Waals surface area contributed by atoms with Gasteiger partial charge in [-0.05, 0) is 74.2 Å². The number of aryl methyl sites for hydroxylation is 1. The van der Waals surface area contributed by atoms with Crippen molar-refractivity contribution >= 4 is 28.3 Å². The normalized spacial score (nSPS) is 16.8. The molecule has 3 N–H and O–H groups in total. The number of phenolic OH excluding ortho intramolecular Hbond substituents is 1. The highest BCUT2D eigenvalue weighted by molar-refractivity contribution is 6.01. The Morgan fingerprint density at radius 3 is 2.88 bits per heavy atom. The van der Waals surface area contributed by atoms with Gasteiger partial charge in [0, 0.05) is 10.9 Å². The number of nitrogens with one attached hydrogen (secondary N) is 2. The van der Waals surface area contributed by atoms with E-state index in [9.17, 15) is 19.1 Å². The second-order valence-electron chi connectivity index (χ2n) is 7.91. The average Bonchev–Trinajstić information content (AvgIpc) is 2.92. The first kappa shape index (κ1) is 21.6. The highest BCUT2D eigenvalue weighted by Crippen LogP contribution is 2.33. The van der Waals surface area contributed by atoms with Crippen LogP contribution in [0.4, 0.5) is 10.1 Å². The van der Waals surface area contributed by atoms with Crippen LogP contribution < -0.4 is 15.5 Å². The number of likely N-dealkylation sites (N-methyl/N-ethyl adjacent to an activating group) is 1. The van der Waals surface area contributed by atoms with Crippen LogP contribution >= 0.6 is 0 Å². The summed E-state index contributed by atoms with van der Waals surface area (Å²) in [7, 11) is 1.68. The van der Waals surface area contributed by atoms with E-state index >= 15 is 0 Å². The fraction of sp³-hybridized carbons (Fsp3) is 0.280. The fourth-order valence-electron chi connectivity index (χ4n) is 3.99. The molecule has 0 aromatic heterocycles. The fourth-order valence-corrected chi connectivity index (χ4v) is 3.99. The topological polar surface area (TPSA) is 81.7 Å². The minimum atomic E-state index is -0.743. The molecule has 32 heavy (non-hydrogen) atoms. The van der Waals surface area contributed by atoms with Crippen LogP contribution in [0.5, 0.6) is 5.75 Å². The largest absolute Gasteiger partial charge is 0.508 e. The van der Waals surface area contributed by atoms with E-state index in [0.717, 1.165) is 5.56 Å². The number of anilines is 1. The Labute approximate surface area is 186 Å². The van der Waals surface area contributed by atoms with Crippen LogP contribution in [0.25, 0.3) is 10.8 Å². The Kier molecular flexibility index (Phi) is 5.97. The van der Waals surface area contributed by atoms with Gasteiger partial charge in [-0.3, -0.25) is 14.5 Å². The van der Waals surface area contributed by atoms with Gasteiger partial charge >= 0.3 is 0 Å². The molecule has 0 fully saturated rings. The van der Waals surface area contributed by atoms with E-state index < -0.39 is 17.9 Å². The Balaban J connectivity index is 1.76. The van der Waals surface area contributed by atoms with E-state index in [1.165, 1.54) is 23.1 Å². The van der Waals surface area contributed by atoms with Crippen molar-refractivity contribution in [2.75, 3.05) is 11.9 Å². The molecule has 0 saturated heterocycles. The van der Waals surface area contributed by atoms with Crippen LogP contribution in [0.3, 0.4) is 0 Å². The Bertz CT molecular complexity index is 1180. The molecule has 4 rings (SSSR count). The van der Waals surface area contributed by atoms with Gasteiger partial charge in [0.1, 0.15) is 17.6 Å². The van der Waals surface area contributed by atoms with Crippen molar-refractivity contribution < 1.29 is 19.1 Å². The lowest BCUT2D eigenvalue weighted by molar-refractivity contribution is -0.128. The van der Waals surface area contributed by atoms with Crippen LogP contribution in [-0.4, -0.2) is 36.1 Å². The summed E-state index contributed by atoms with van der Waals surface area (Å²) >= 11 is 0. The summed E-state index contributed by atoms with van der Waals surface area (Å²) in [6.45, 7) is 1.72. The second kappa shape index (κ2) is 8.85. The monoisotopic (exact) mass is 433 g/mol. The smallest absolute Gasteiger partial charge is 0.250 e. The lowest BCUT2D eigenvalue weighted by Gasteiger charge is -2.26. The number of fused-ring (bicyclic) bond motifs is 2. The molecule has 7 heteroatoms. The van der Waals surface area contributed by atoms with Gasteiger partial charge in [-0.25, -0.2) is 4.39 Å². The standard InChI is InChI=1S/C25H24FN3O3/c1-15(27-2)24(31)28-21-12-10-16-6-3-4-9-22(16)29(25(21)32)14-19-17-7-5-8-20(26)18(17)11-13-23(19)30/h3,5-8,11,13,15,21,27,30H,10,12,14H2,1-2H3,(H,28,31)/t15-,21-/m0/s1. The molecule has 1 aliphatic rings. The number of carbonyl (C=O) groups excluding carboxylic acids is 2. The predicted molar refractivity (Wildman–Crippen MR) is 120 cm³/mol. The SMILES string of the molecule is CN[C@@H](C)C(=O)N[C@H]1CCc2ccc#cc2N(Cc2c(O)ccc3c(F)cccc23)C1=O. The molecule has 6 nitrogen and oxygen atoms in total. The lowest BCUT2D eigenvalue weighted by atomic mass is 10.0. The van der Waals surface area contributed by atoms with Crippen LogP contribution in [0, 0.1) is 17.9 Å². The zero-order valence-electron chi connectivity index (χ0n) is 17.9. The van der Waals surface area contributed by atoms with Crippen molar-refractivity contribution in [1.82, 2.24) is 10.6 Å². The number of carbonyl (C=O) groups is 2. The number of hydrogen-bond acceptors (Lipinski definition) is 4. The van der Waals surface area contributed by atoms with Crippen molar-refractivity contribution in [3.63, 3.8) is 0 Å². The molecule has 1 heterocycles. The summed E-state index contributed by atoms with van der Waals surface area (Å²) in [6.07, 6.45) is 0.996. The third-order valence-electron chi connectivity index (χ3n) is 5.95. The van der Waals surface area contributed by atoms with Gasteiger partial charge in [0.15, 0.2) is 0 Å². The summed E-state index contributed by atoms with van der Waals surface area (Å²) in [5.41, 5.74) is 1.86. The number of nitrogens with zero attached hydrogens (tertiary/aromatic N) is 1. The highest BCUT2D eigenvalue weighted by atomic mass is 19.1. The molecule has 0 aliphatic carbocycles. The zero-order chi connectivity index (χ0) is 22.8. The third kappa shape index (κ3) is 3.97. The number of rotatable bonds is 5. The Morgan fingerprint density at radius 2 is 2.09 bits per heavy atom. The molecule has 0 bridgehead atoms. The van der Waals surface area contributed by atoms with Gasteiger partial charge in [0.25, 0.3) is 0 Å². The first-order valence-corrected chi connectivity index (χ1v) is 10.5. The van der Waals surface area contributed by atoms with E-state index in [-0.39, 0.29) is 24.1 Å². The van der Waals surface area contributed by atoms with Crippen LogP contribution in [0.2, 0.25) is 0 Å². The summed E-state index contributed by atoms with van der Waals surface area (Å²) < 4.78 is 14.3. The third-order valence-corrected chi connectivity index (χ3v) is 5.95. The minimum absolute atomic E-state index is 0.000759. The maximum Gasteiger partial charge on any atom is 0.250 e. The van der Waals surface area contributed by atoms with E-state index in [1.807, 2.05) is 6.07 Å². The van der Waals surface area contributed by atoms with Gasteiger partial charge in [0.2, 0.25) is 11.8 Å². The maximum atomic E-state index is 14.3. The van der Waals surface area contributed by atoms with Crippen LogP contribution in [-0.2, 0) is 22.6 Å². The molecule has 3 aromatic carbocycles. The molecule has 0 saturated carbocycles. The molecule has 0 radical (unpaired) electrons. The molecule has 2 atom stereocenters. The minimum Gasteiger partial charge on any atom is -0.508 e. The second-order valence-corrected chi connectivity index (χ2v) is 7.91. The van der Waals surface area contributed by atoms with Crippen LogP contribution in [0.15, 0.2) is 42.5 Å². The number of hydrogen-bond donors (Lipinski definition) is 3. The van der Waals surface area contributed by atoms with Gasteiger partial charge in [0.05, 0.1) is 18.3 Å². The number of halogens is 1. The Morgan fingerprint density at radius 1 is 1.28 bits per heavy atom. The van der Waals surface area contributed by atoms with Gasteiger partial charge in [-0.2, -0.15) is 0 Å². The molecule has 3 aromatic rings. The zero-order valence-corrected chi connectivity index (χ0v) is 17.9. The molecule has 164 valence electrons. The van der Waals surface area contributed by atoms with E-state index in [4.69, 9.17) is 0 Å². The average molecular weight is 433 g/mol. The molecule has 0 unspecified atom stereocenters. The summed E-state index contributed by atoms with van der Waals surface area (Å²) in [5.74, 6) is -1.03. The first-order chi connectivity index (χ1) is 15.4. The predicted octanol–water partition coefficient (Wildman–Crippen LogP) is 2.86. The summed E-state index contributed by atoms with van der Waals surface area (Å²) in [6, 6.07) is 15.9. The number of amides is 2. The number of aromatic hydroxyl groups is 1. The number of phenols is 1. The van der Waals surface area contributed by atoms with Gasteiger partial charge < -0.3 is 15.7 Å². The summed E-state index contributed by atoms with van der Waals surface area (Å²) in [4.78, 5) is 27.5. The van der Waals surface area contributed by atoms with Crippen molar-refractivity contribution in [3.05, 3.63) is 71.5 Å². The Hall–Kier alpha value is -3.63. The van der Waals surface area contributed by atoms with Crippen molar-refractivity contribution in [2.45, 2.75) is 38.4 Å². The summed E-state index contributed by atoms with van der Waals surface area (Å²) in [5, 5.41) is 17.2. The van der Waals surface area contributed by atoms with Crippen molar-refractivity contribution in [3.8, 4) is 5.75 Å². The molecule has 1 aliphatic heterocycles. The van der Waals surface area contributed by atoms with Gasteiger partial charge in [-0.1, -0.05) is 18.2 Å². The molecular weight excluding hydrogens is 409 g/mol. The van der Waals surface area contributed by atoms with Crippen molar-refractivity contribution in [2.24, 2.45) is 0 Å². The molecular formula is C25H24FN3O3. The molecule has 2 amide bonds. The first-order valence-electron chi connectivity index (χ1n) is 10.5. The lowest BCUT2D eigenvalue weighted by Crippen LogP contribution is -2.52. The maximum absolute atomic E-state index is 14.3. The van der Waals surface area contributed by atoms with E-state index in [1.54, 1.807) is 32.2 Å². The van der Waals surface area contributed by atoms with E-state index in [2.05, 4.69) is 22.8 Å². The quantitative estimate of drug-likeness (QED) is 0.578. The van der Waals surface area contributed by atoms with Crippen molar-refractivity contribution in [1.29, 1.82) is 0 Å². The van der Waals surface area contributed by atoms with Gasteiger partial charge in [-0.15, -0.1) is 0 Å². The number of benzene rings is 2. The highest BCUT2D eigenvalue weighted by Gasteiger charge is 2.33.